The van der Waals surface area contributed by atoms with E-state index in [2.05, 4.69) is 4.74 Å². The van der Waals surface area contributed by atoms with E-state index in [1.54, 1.807) is 0 Å². The fourth-order valence-corrected chi connectivity index (χ4v) is 4.88. The molecule has 0 saturated carbocycles. The predicted octanol–water partition coefficient (Wildman–Crippen LogP) is 0.846. The molecule has 1 amide bonds. The van der Waals surface area contributed by atoms with Gasteiger partial charge in [-0.1, -0.05) is 13.8 Å². The molecule has 0 aromatic heterocycles. The topological polar surface area (TPSA) is 107 Å². The lowest BCUT2D eigenvalue weighted by Gasteiger charge is -2.35. The van der Waals surface area contributed by atoms with Crippen LogP contribution in [0.25, 0.3) is 0 Å². The van der Waals surface area contributed by atoms with E-state index < -0.39 is 44.0 Å². The van der Waals surface area contributed by atoms with Crippen LogP contribution in [0.1, 0.15) is 40.5 Å². The number of amides is 1. The first-order valence-corrected chi connectivity index (χ1v) is 8.98. The smallest absolute Gasteiger partial charge is 0.434 e. The van der Waals surface area contributed by atoms with Crippen LogP contribution in [-0.4, -0.2) is 54.1 Å². The third kappa shape index (κ3) is 2.82. The highest BCUT2D eigenvalue weighted by Crippen LogP contribution is 2.46. The quantitative estimate of drug-likeness (QED) is 0.421. The van der Waals surface area contributed by atoms with Crippen LogP contribution in [0.3, 0.4) is 0 Å². The summed E-state index contributed by atoms with van der Waals surface area (Å²) in [5, 5.41) is -1.01. The highest BCUT2D eigenvalue weighted by Gasteiger charge is 2.68. The maximum absolute atomic E-state index is 12.4. The van der Waals surface area contributed by atoms with E-state index in [1.165, 1.54) is 13.8 Å². The molecule has 2 saturated heterocycles. The van der Waals surface area contributed by atoms with Crippen molar-refractivity contribution in [2.45, 2.75) is 56.7 Å². The summed E-state index contributed by atoms with van der Waals surface area (Å²) in [5.74, 6) is -1.21. The summed E-state index contributed by atoms with van der Waals surface area (Å²) in [6, 6.07) is -1.34. The summed E-state index contributed by atoms with van der Waals surface area (Å²) in [4.78, 5) is 36.4. The molecule has 2 atom stereocenters. The summed E-state index contributed by atoms with van der Waals surface area (Å²) in [7, 11) is -3.70. The number of carbonyl (C=O) groups excluding carboxylic acids is 3. The zero-order valence-electron chi connectivity index (χ0n) is 13.6. The molecule has 2 rings (SSSR count). The van der Waals surface area contributed by atoms with Gasteiger partial charge < -0.3 is 14.4 Å². The van der Waals surface area contributed by atoms with Gasteiger partial charge in [-0.3, -0.25) is 4.79 Å². The van der Waals surface area contributed by atoms with Crippen molar-refractivity contribution in [3.8, 4) is 0 Å². The maximum atomic E-state index is 12.4. The lowest BCUT2D eigenvalue weighted by atomic mass is 9.98. The molecule has 2 aliphatic heterocycles. The third-order valence-corrected chi connectivity index (χ3v) is 7.10. The van der Waals surface area contributed by atoms with E-state index in [0.717, 1.165) is 4.90 Å². The molecule has 0 aromatic carbocycles. The predicted molar refractivity (Wildman–Crippen MR) is 78.9 cm³/mol. The van der Waals surface area contributed by atoms with Gasteiger partial charge >= 0.3 is 12.1 Å². The lowest BCUT2D eigenvalue weighted by molar-refractivity contribution is -0.158. The number of β-lactam (4-membered cyclic amide) rings is 1. The number of nitrogens with zero attached hydrogens (tertiary/aromatic N) is 1. The van der Waals surface area contributed by atoms with Gasteiger partial charge in [0.1, 0.15) is 5.37 Å². The number of rotatable bonds is 4. The Bertz CT molecular complexity index is 638. The van der Waals surface area contributed by atoms with E-state index in [0.29, 0.717) is 12.3 Å². The minimum atomic E-state index is -3.70. The monoisotopic (exact) mass is 347 g/mol. The van der Waals surface area contributed by atoms with Crippen LogP contribution in [0.5, 0.6) is 0 Å². The average Bonchev–Trinajstić information content (AvgIpc) is 2.52. The van der Waals surface area contributed by atoms with Gasteiger partial charge in [0.25, 0.3) is 0 Å². The average molecular weight is 347 g/mol. The van der Waals surface area contributed by atoms with Gasteiger partial charge in [-0.05, 0) is 26.2 Å². The van der Waals surface area contributed by atoms with Crippen molar-refractivity contribution in [1.82, 2.24) is 4.90 Å². The van der Waals surface area contributed by atoms with Crippen molar-refractivity contribution < 1.29 is 32.3 Å². The first kappa shape index (κ1) is 17.7. The zero-order chi connectivity index (χ0) is 17.6. The molecule has 0 unspecified atom stereocenters. The van der Waals surface area contributed by atoms with Crippen molar-refractivity contribution in [3.63, 3.8) is 0 Å². The Morgan fingerprint density at radius 1 is 1.35 bits per heavy atom. The second-order valence-electron chi connectivity index (χ2n) is 6.71. The van der Waals surface area contributed by atoms with Gasteiger partial charge in [-0.25, -0.2) is 18.0 Å². The molecular weight excluding hydrogens is 326 g/mol. The van der Waals surface area contributed by atoms with Crippen LogP contribution in [0.2, 0.25) is 0 Å². The number of carbonyl (C=O) groups is 3. The molecule has 2 heterocycles. The molecule has 9 heteroatoms. The normalized spacial score (nSPS) is 27.3. The van der Waals surface area contributed by atoms with Gasteiger partial charge in [-0.2, -0.15) is 0 Å². The van der Waals surface area contributed by atoms with Crippen molar-refractivity contribution in [3.05, 3.63) is 0 Å². The second-order valence-corrected chi connectivity index (χ2v) is 9.40. The van der Waals surface area contributed by atoms with E-state index in [-0.39, 0.29) is 13.0 Å². The van der Waals surface area contributed by atoms with Crippen LogP contribution in [-0.2, 0) is 28.9 Å². The van der Waals surface area contributed by atoms with Crippen molar-refractivity contribution in [2.24, 2.45) is 5.92 Å². The number of hydrogen-bond donors (Lipinski definition) is 0. The Morgan fingerprint density at radius 2 is 1.96 bits per heavy atom. The van der Waals surface area contributed by atoms with Crippen molar-refractivity contribution in [2.75, 3.05) is 6.61 Å². The summed E-state index contributed by atoms with van der Waals surface area (Å²) >= 11 is 0. The van der Waals surface area contributed by atoms with E-state index in [9.17, 15) is 22.8 Å². The summed E-state index contributed by atoms with van der Waals surface area (Å²) in [5.41, 5.74) is 0. The summed E-state index contributed by atoms with van der Waals surface area (Å²) < 4.78 is 32.6. The van der Waals surface area contributed by atoms with E-state index in [1.807, 2.05) is 13.8 Å². The summed E-state index contributed by atoms with van der Waals surface area (Å²) in [6.07, 6.45) is -0.714. The molecule has 0 spiro atoms. The fraction of sp³-hybridized carbons (Fsp3) is 0.786. The molecule has 0 radical (unpaired) electrons. The second kappa shape index (κ2) is 5.77. The largest absolute Gasteiger partial charge is 0.516 e. The van der Waals surface area contributed by atoms with Crippen molar-refractivity contribution in [1.29, 1.82) is 0 Å². The number of hydrogen-bond acceptors (Lipinski definition) is 7. The standard InChI is InChI=1S/C14H21NO7S/c1-8(2)5-6-21-13(18)22-12(17)11-14(3,4)23(19,20)10-7-9(16)15(10)11/h8,10-11H,5-7H2,1-4H3/t10-,11+/m1/s1. The molecule has 0 bridgehead atoms. The number of fused-ring (bicyclic) bond motifs is 1. The highest BCUT2D eigenvalue weighted by molar-refractivity contribution is 7.93. The molecule has 0 aliphatic carbocycles. The van der Waals surface area contributed by atoms with E-state index >= 15 is 0 Å². The first-order valence-electron chi connectivity index (χ1n) is 7.43. The zero-order valence-corrected chi connectivity index (χ0v) is 14.4. The van der Waals surface area contributed by atoms with Crippen LogP contribution < -0.4 is 0 Å². The number of ether oxygens (including phenoxy) is 2. The molecule has 0 aromatic rings. The van der Waals surface area contributed by atoms with Crippen LogP contribution in [0.15, 0.2) is 0 Å². The molecule has 0 N–H and O–H groups in total. The minimum absolute atomic E-state index is 0.0986. The molecule has 8 nitrogen and oxygen atoms in total. The van der Waals surface area contributed by atoms with Gasteiger partial charge in [0, 0.05) is 0 Å². The lowest BCUT2D eigenvalue weighted by Crippen LogP contribution is -2.57. The van der Waals surface area contributed by atoms with E-state index in [4.69, 9.17) is 4.74 Å². The SMILES string of the molecule is CC(C)CCOC(=O)OC(=O)[C@@H]1N2C(=O)C[C@H]2S(=O)(=O)C1(C)C. The molecule has 2 fully saturated rings. The maximum Gasteiger partial charge on any atom is 0.516 e. The minimum Gasteiger partial charge on any atom is -0.434 e. The van der Waals surface area contributed by atoms with Gasteiger partial charge in [0.15, 0.2) is 15.9 Å². The Morgan fingerprint density at radius 3 is 2.48 bits per heavy atom. The molecule has 23 heavy (non-hydrogen) atoms. The van der Waals surface area contributed by atoms with Crippen LogP contribution in [0.4, 0.5) is 4.79 Å². The van der Waals surface area contributed by atoms with Gasteiger partial charge in [0.05, 0.1) is 17.8 Å². The first-order chi connectivity index (χ1) is 10.5. The fourth-order valence-electron chi connectivity index (χ4n) is 2.75. The Labute approximate surface area is 135 Å². The molecule has 2 aliphatic rings. The van der Waals surface area contributed by atoms with Crippen LogP contribution in [0, 0.1) is 5.92 Å². The van der Waals surface area contributed by atoms with Gasteiger partial charge in [0.2, 0.25) is 5.91 Å². The Kier molecular flexibility index (Phi) is 4.44. The van der Waals surface area contributed by atoms with Gasteiger partial charge in [-0.15, -0.1) is 0 Å². The Balaban J connectivity index is 2.07. The summed E-state index contributed by atoms with van der Waals surface area (Å²) in [6.45, 7) is 6.69. The number of esters is 1. The Hall–Kier alpha value is -1.64. The molecular formula is C14H21NO7S. The highest BCUT2D eigenvalue weighted by atomic mass is 32.2. The molecule has 130 valence electrons. The number of sulfone groups is 1. The van der Waals surface area contributed by atoms with Crippen LogP contribution >= 0.6 is 0 Å². The third-order valence-electron chi connectivity index (χ3n) is 4.30. The van der Waals surface area contributed by atoms with Crippen molar-refractivity contribution >= 4 is 27.9 Å².